The Morgan fingerprint density at radius 3 is 2.29 bits per heavy atom. The fourth-order valence-electron chi connectivity index (χ4n) is 2.69. The van der Waals surface area contributed by atoms with Crippen LogP contribution in [0.15, 0.2) is 66.2 Å². The number of carbonyl (C=O) groups excluding carboxylic acids is 1. The second kappa shape index (κ2) is 11.0. The molecule has 0 aliphatic carbocycles. The van der Waals surface area contributed by atoms with Gasteiger partial charge in [0.25, 0.3) is 5.91 Å². The molecular formula is C24H17ClI2N2O2. The van der Waals surface area contributed by atoms with E-state index in [1.807, 2.05) is 61.5 Å². The molecule has 0 fully saturated rings. The Labute approximate surface area is 213 Å². The van der Waals surface area contributed by atoms with Crippen molar-refractivity contribution in [1.82, 2.24) is 0 Å². The average Bonchev–Trinajstić information content (AvgIpc) is 2.74. The Morgan fingerprint density at radius 1 is 1.10 bits per heavy atom. The quantitative estimate of drug-likeness (QED) is 0.177. The predicted octanol–water partition coefficient (Wildman–Crippen LogP) is 6.98. The largest absolute Gasteiger partial charge is 0.487 e. The zero-order valence-electron chi connectivity index (χ0n) is 16.5. The number of anilines is 1. The summed E-state index contributed by atoms with van der Waals surface area (Å²) >= 11 is 10.3. The summed E-state index contributed by atoms with van der Waals surface area (Å²) in [5.74, 6) is 0.315. The molecular weight excluding hydrogens is 638 g/mol. The number of benzene rings is 3. The van der Waals surface area contributed by atoms with E-state index in [1.54, 1.807) is 18.2 Å². The van der Waals surface area contributed by atoms with Gasteiger partial charge in [-0.25, -0.2) is 0 Å². The van der Waals surface area contributed by atoms with E-state index in [0.29, 0.717) is 17.3 Å². The highest BCUT2D eigenvalue weighted by Crippen LogP contribution is 2.30. The minimum absolute atomic E-state index is 0.0296. The SMILES string of the molecule is Cc1ccc(NC(=O)/C(C#N)=C\c2cc(I)c(OCc3ccc(Cl)cc3)c(I)c2)cc1. The zero-order chi connectivity index (χ0) is 22.4. The maximum atomic E-state index is 12.5. The lowest BCUT2D eigenvalue weighted by Crippen LogP contribution is -2.13. The summed E-state index contributed by atoms with van der Waals surface area (Å²) in [6.07, 6.45) is 1.58. The number of amides is 1. The maximum Gasteiger partial charge on any atom is 0.266 e. The topological polar surface area (TPSA) is 62.1 Å². The van der Waals surface area contributed by atoms with Crippen molar-refractivity contribution in [1.29, 1.82) is 5.26 Å². The van der Waals surface area contributed by atoms with Crippen molar-refractivity contribution in [2.24, 2.45) is 0 Å². The summed E-state index contributed by atoms with van der Waals surface area (Å²) in [4.78, 5) is 12.5. The predicted molar refractivity (Wildman–Crippen MR) is 141 cm³/mol. The van der Waals surface area contributed by atoms with Crippen molar-refractivity contribution in [3.63, 3.8) is 0 Å². The summed E-state index contributed by atoms with van der Waals surface area (Å²) in [6.45, 7) is 2.39. The van der Waals surface area contributed by atoms with Crippen molar-refractivity contribution >= 4 is 74.5 Å². The van der Waals surface area contributed by atoms with Crippen molar-refractivity contribution < 1.29 is 9.53 Å². The highest BCUT2D eigenvalue weighted by atomic mass is 127. The first kappa shape index (κ1) is 23.6. The minimum Gasteiger partial charge on any atom is -0.487 e. The molecule has 0 aliphatic rings. The van der Waals surface area contributed by atoms with E-state index in [2.05, 4.69) is 50.5 Å². The van der Waals surface area contributed by atoms with Crippen molar-refractivity contribution in [3.8, 4) is 11.8 Å². The van der Waals surface area contributed by atoms with Gasteiger partial charge in [-0.15, -0.1) is 0 Å². The van der Waals surface area contributed by atoms with Crippen LogP contribution < -0.4 is 10.1 Å². The molecule has 0 aromatic heterocycles. The number of nitrogens with one attached hydrogen (secondary N) is 1. The van der Waals surface area contributed by atoms with E-state index >= 15 is 0 Å². The van der Waals surface area contributed by atoms with Crippen molar-refractivity contribution in [2.75, 3.05) is 5.32 Å². The molecule has 0 unspecified atom stereocenters. The molecule has 0 spiro atoms. The normalized spacial score (nSPS) is 11.0. The summed E-state index contributed by atoms with van der Waals surface area (Å²) in [7, 11) is 0. The molecule has 0 radical (unpaired) electrons. The first-order valence-corrected chi connectivity index (χ1v) is 11.8. The summed E-state index contributed by atoms with van der Waals surface area (Å²) in [5.41, 5.74) is 3.54. The number of aryl methyl sites for hydroxylation is 1. The molecule has 7 heteroatoms. The molecule has 0 saturated carbocycles. The second-order valence-corrected chi connectivity index (χ2v) is 9.48. The molecule has 3 aromatic rings. The number of hydrogen-bond donors (Lipinski definition) is 1. The molecule has 3 rings (SSSR count). The van der Waals surface area contributed by atoms with Crippen LogP contribution in [0.4, 0.5) is 5.69 Å². The van der Waals surface area contributed by atoms with E-state index in [0.717, 1.165) is 29.6 Å². The van der Waals surface area contributed by atoms with Gasteiger partial charge in [0.1, 0.15) is 24.0 Å². The lowest BCUT2D eigenvalue weighted by Gasteiger charge is -2.12. The van der Waals surface area contributed by atoms with Crippen molar-refractivity contribution in [2.45, 2.75) is 13.5 Å². The van der Waals surface area contributed by atoms with E-state index < -0.39 is 5.91 Å². The van der Waals surface area contributed by atoms with Crippen LogP contribution in [0, 0.1) is 25.4 Å². The van der Waals surface area contributed by atoms with Crippen LogP contribution in [0.5, 0.6) is 5.75 Å². The number of halogens is 3. The Hall–Kier alpha value is -2.09. The number of carbonyl (C=O) groups is 1. The van der Waals surface area contributed by atoms with Crippen molar-refractivity contribution in [3.05, 3.63) is 95.1 Å². The van der Waals surface area contributed by atoms with E-state index in [9.17, 15) is 10.1 Å². The van der Waals surface area contributed by atoms with Gasteiger partial charge in [0.2, 0.25) is 0 Å². The average molecular weight is 655 g/mol. The molecule has 1 amide bonds. The molecule has 1 N–H and O–H groups in total. The highest BCUT2D eigenvalue weighted by molar-refractivity contribution is 14.1. The van der Waals surface area contributed by atoms with Gasteiger partial charge in [-0.1, -0.05) is 41.4 Å². The molecule has 4 nitrogen and oxygen atoms in total. The fraction of sp³-hybridized carbons (Fsp3) is 0.0833. The summed E-state index contributed by atoms with van der Waals surface area (Å²) < 4.78 is 7.77. The van der Waals surface area contributed by atoms with Gasteiger partial charge in [-0.3, -0.25) is 4.79 Å². The molecule has 0 atom stereocenters. The Balaban J connectivity index is 1.76. The molecule has 0 heterocycles. The third-order valence-electron chi connectivity index (χ3n) is 4.30. The van der Waals surface area contributed by atoms with Gasteiger partial charge in [0.05, 0.1) is 7.14 Å². The van der Waals surface area contributed by atoms with E-state index in [4.69, 9.17) is 16.3 Å². The van der Waals surface area contributed by atoms with Gasteiger partial charge in [0.15, 0.2) is 0 Å². The van der Waals surface area contributed by atoms with Crippen LogP contribution in [0.3, 0.4) is 0 Å². The van der Waals surface area contributed by atoms with Crippen LogP contribution in [0.2, 0.25) is 5.02 Å². The van der Waals surface area contributed by atoms with Gasteiger partial charge in [0, 0.05) is 10.7 Å². The Kier molecular flexibility index (Phi) is 8.35. The lowest BCUT2D eigenvalue weighted by molar-refractivity contribution is -0.112. The maximum absolute atomic E-state index is 12.5. The summed E-state index contributed by atoms with van der Waals surface area (Å²) in [5, 5.41) is 12.9. The first-order valence-electron chi connectivity index (χ1n) is 9.22. The number of ether oxygens (including phenoxy) is 1. The highest BCUT2D eigenvalue weighted by Gasteiger charge is 2.13. The number of rotatable bonds is 6. The fourth-order valence-corrected chi connectivity index (χ4v) is 4.94. The smallest absolute Gasteiger partial charge is 0.266 e. The molecule has 31 heavy (non-hydrogen) atoms. The lowest BCUT2D eigenvalue weighted by atomic mass is 10.1. The van der Waals surface area contributed by atoms with Crippen LogP contribution >= 0.6 is 56.8 Å². The Bertz CT molecular complexity index is 1140. The van der Waals surface area contributed by atoms with Gasteiger partial charge in [-0.2, -0.15) is 5.26 Å². The third-order valence-corrected chi connectivity index (χ3v) is 6.16. The van der Waals surface area contributed by atoms with E-state index in [1.165, 1.54) is 0 Å². The molecule has 0 bridgehead atoms. The Morgan fingerprint density at radius 2 is 1.71 bits per heavy atom. The van der Waals surface area contributed by atoms with Crippen LogP contribution in [-0.4, -0.2) is 5.91 Å². The number of nitriles is 1. The molecule has 0 saturated heterocycles. The van der Waals surface area contributed by atoms with Crippen LogP contribution in [0.1, 0.15) is 16.7 Å². The molecule has 0 aliphatic heterocycles. The second-order valence-electron chi connectivity index (χ2n) is 6.72. The monoisotopic (exact) mass is 654 g/mol. The first-order chi connectivity index (χ1) is 14.9. The number of hydrogen-bond acceptors (Lipinski definition) is 3. The molecule has 156 valence electrons. The van der Waals surface area contributed by atoms with Gasteiger partial charge >= 0.3 is 0 Å². The van der Waals surface area contributed by atoms with Crippen LogP contribution in [-0.2, 0) is 11.4 Å². The standard InChI is InChI=1S/C24H17ClI2N2O2/c1-15-2-8-20(9-3-15)29-24(30)18(13-28)10-17-11-21(26)23(22(27)12-17)31-14-16-4-6-19(25)7-5-16/h2-12H,14H2,1H3,(H,29,30)/b18-10-. The minimum atomic E-state index is -0.445. The number of nitrogens with zero attached hydrogens (tertiary/aromatic N) is 1. The summed E-state index contributed by atoms with van der Waals surface area (Å²) in [6, 6.07) is 20.7. The van der Waals surface area contributed by atoms with Gasteiger partial charge < -0.3 is 10.1 Å². The molecule has 3 aromatic carbocycles. The zero-order valence-corrected chi connectivity index (χ0v) is 21.5. The van der Waals surface area contributed by atoms with Crippen LogP contribution in [0.25, 0.3) is 6.08 Å². The third kappa shape index (κ3) is 6.69. The van der Waals surface area contributed by atoms with E-state index in [-0.39, 0.29) is 5.57 Å². The van der Waals surface area contributed by atoms with Gasteiger partial charge in [-0.05, 0) is 106 Å².